The second-order valence-electron chi connectivity index (χ2n) is 9.84. The number of thiophene rings is 1. The van der Waals surface area contributed by atoms with Crippen molar-refractivity contribution in [3.63, 3.8) is 0 Å². The number of β-amino-alcohol motifs (C(OH)–C–C–N with tert-alkyl or cyclic N) is 1. The van der Waals surface area contributed by atoms with Crippen molar-refractivity contribution in [2.75, 3.05) is 54.5 Å². The smallest absolute Gasteiger partial charge is 0.395 e. The average Bonchev–Trinajstić information content (AvgIpc) is 3.27. The molecule has 40 heavy (non-hydrogen) atoms. The van der Waals surface area contributed by atoms with Crippen molar-refractivity contribution in [2.45, 2.75) is 43.1 Å². The molecule has 1 saturated heterocycles. The van der Waals surface area contributed by atoms with Gasteiger partial charge in [-0.1, -0.05) is 6.92 Å². The molecule has 2 atom stereocenters. The highest BCUT2D eigenvalue weighted by atomic mass is 32.2. The molecular weight excluding hydrogens is 580 g/mol. The van der Waals surface area contributed by atoms with Gasteiger partial charge < -0.3 is 15.3 Å². The van der Waals surface area contributed by atoms with Crippen molar-refractivity contribution in [1.29, 1.82) is 0 Å². The number of halogens is 3. The molecule has 1 aromatic carbocycles. The van der Waals surface area contributed by atoms with Crippen LogP contribution in [0.5, 0.6) is 0 Å². The molecule has 2 aliphatic heterocycles. The van der Waals surface area contributed by atoms with Gasteiger partial charge in [-0.25, -0.2) is 9.97 Å². The molecule has 5 rings (SSSR count). The van der Waals surface area contributed by atoms with E-state index in [0.717, 1.165) is 53.4 Å². The van der Waals surface area contributed by atoms with Crippen molar-refractivity contribution in [3.05, 3.63) is 46.5 Å². The molecule has 0 spiro atoms. The van der Waals surface area contributed by atoms with Crippen LogP contribution in [0.15, 0.2) is 35.4 Å². The van der Waals surface area contributed by atoms with Gasteiger partial charge in [-0.3, -0.25) is 9.11 Å². The van der Waals surface area contributed by atoms with Crippen LogP contribution in [-0.2, 0) is 29.1 Å². The molecule has 2 unspecified atom stereocenters. The Hall–Kier alpha value is -2.19. The van der Waals surface area contributed by atoms with Crippen LogP contribution in [0.3, 0.4) is 0 Å². The standard InChI is InChI=1S/C27H32F3N5O2S3/c1-3-18-12-19(35-7-6-34(8-9-36)15-17(35)2)4-5-21(18)32-26-31-14-20(27(28,29)30)25(33-26)22-13-24-23(39-22)16-38-10-11-40(24)37/h4-5,12-14,17,36H,3,6-11,15-16H2,1-2H3,(H,31,32,33). The highest BCUT2D eigenvalue weighted by Gasteiger charge is 2.36. The normalized spacial score (nSPS) is 20.3. The predicted molar refractivity (Wildman–Crippen MR) is 157 cm³/mol. The van der Waals surface area contributed by atoms with Crippen LogP contribution < -0.4 is 10.2 Å². The van der Waals surface area contributed by atoms with Crippen LogP contribution in [0, 0.1) is 0 Å². The number of nitrogens with one attached hydrogen (secondary N) is 1. The highest BCUT2D eigenvalue weighted by Crippen LogP contribution is 2.42. The van der Waals surface area contributed by atoms with Crippen LogP contribution >= 0.6 is 23.1 Å². The second-order valence-corrected chi connectivity index (χ2v) is 13.6. The maximum absolute atomic E-state index is 14.0. The molecule has 7 nitrogen and oxygen atoms in total. The Balaban J connectivity index is 1.43. The molecule has 2 aliphatic rings. The summed E-state index contributed by atoms with van der Waals surface area (Å²) >= 11 is 2.86. The fraction of sp³-hybridized carbons (Fsp3) is 0.481. The predicted octanol–water partition coefficient (Wildman–Crippen LogP) is 5.39. The summed E-state index contributed by atoms with van der Waals surface area (Å²) in [6.07, 6.45) is -3.09. The van der Waals surface area contributed by atoms with Crippen molar-refractivity contribution in [2.24, 2.45) is 0 Å². The number of thioether (sulfide) groups is 1. The summed E-state index contributed by atoms with van der Waals surface area (Å²) in [6, 6.07) is 7.92. The summed E-state index contributed by atoms with van der Waals surface area (Å²) in [5.74, 6) is 1.96. The molecule has 0 aliphatic carbocycles. The number of aliphatic hydroxyl groups is 1. The quantitative estimate of drug-likeness (QED) is 0.368. The zero-order valence-electron chi connectivity index (χ0n) is 22.3. The number of aromatic nitrogens is 2. The number of hydrogen-bond acceptors (Lipinski definition) is 9. The van der Waals surface area contributed by atoms with Crippen LogP contribution in [0.4, 0.5) is 30.5 Å². The average molecular weight is 612 g/mol. The van der Waals surface area contributed by atoms with Crippen LogP contribution in [0.2, 0.25) is 0 Å². The van der Waals surface area contributed by atoms with Gasteiger partial charge in [0.1, 0.15) is 5.56 Å². The number of fused-ring (bicyclic) bond motifs is 1. The maximum Gasteiger partial charge on any atom is 0.420 e. The van der Waals surface area contributed by atoms with Crippen LogP contribution in [0.25, 0.3) is 10.6 Å². The van der Waals surface area contributed by atoms with Gasteiger partial charge in [-0.2, -0.15) is 24.9 Å². The number of alkyl halides is 3. The number of hydrogen-bond donors (Lipinski definition) is 2. The second kappa shape index (κ2) is 12.4. The van der Waals surface area contributed by atoms with E-state index in [0.29, 0.717) is 34.2 Å². The first-order valence-corrected chi connectivity index (χ1v) is 16.5. The van der Waals surface area contributed by atoms with E-state index in [1.807, 2.05) is 19.1 Å². The molecule has 0 bridgehead atoms. The largest absolute Gasteiger partial charge is 0.420 e. The van der Waals surface area contributed by atoms with Gasteiger partial charge in [-0.05, 0) is 43.2 Å². The van der Waals surface area contributed by atoms with Crippen molar-refractivity contribution in [1.82, 2.24) is 14.9 Å². The third kappa shape index (κ3) is 6.33. The Bertz CT molecular complexity index is 1380. The minimum Gasteiger partial charge on any atom is -0.395 e. The maximum atomic E-state index is 14.0. The molecule has 0 saturated carbocycles. The van der Waals surface area contributed by atoms with E-state index in [1.54, 1.807) is 17.8 Å². The van der Waals surface area contributed by atoms with E-state index in [2.05, 4.69) is 38.1 Å². The van der Waals surface area contributed by atoms with E-state index in [1.165, 1.54) is 11.3 Å². The summed E-state index contributed by atoms with van der Waals surface area (Å²) in [4.78, 5) is 14.8. The highest BCUT2D eigenvalue weighted by molar-refractivity contribution is 7.99. The van der Waals surface area contributed by atoms with E-state index in [-0.39, 0.29) is 24.3 Å². The number of aliphatic hydroxyl groups excluding tert-OH is 1. The monoisotopic (exact) mass is 611 g/mol. The van der Waals surface area contributed by atoms with Gasteiger partial charge in [-0.15, -0.1) is 11.3 Å². The van der Waals surface area contributed by atoms with Crippen molar-refractivity contribution < 1.29 is 22.5 Å². The summed E-state index contributed by atoms with van der Waals surface area (Å²) in [5.41, 5.74) is 1.71. The van der Waals surface area contributed by atoms with Crippen LogP contribution in [0.1, 0.15) is 29.9 Å². The number of piperazine rings is 1. The molecule has 13 heteroatoms. The van der Waals surface area contributed by atoms with E-state index < -0.39 is 22.5 Å². The summed E-state index contributed by atoms with van der Waals surface area (Å²) in [6.45, 7) is 7.59. The van der Waals surface area contributed by atoms with E-state index in [9.17, 15) is 22.5 Å². The van der Waals surface area contributed by atoms with E-state index in [4.69, 9.17) is 0 Å². The first kappa shape index (κ1) is 29.3. The van der Waals surface area contributed by atoms with Crippen molar-refractivity contribution >= 4 is 51.2 Å². The molecule has 2 aromatic heterocycles. The Labute approximate surface area is 242 Å². The zero-order valence-corrected chi connectivity index (χ0v) is 24.8. The minimum absolute atomic E-state index is 0.0792. The number of anilines is 3. The number of benzene rings is 1. The fourth-order valence-electron chi connectivity index (χ4n) is 5.12. The lowest BCUT2D eigenvalue weighted by Crippen LogP contribution is -2.52. The van der Waals surface area contributed by atoms with Gasteiger partial charge in [0.2, 0.25) is 5.95 Å². The molecular formula is C27H32F3N5O2S3. The molecule has 0 radical (unpaired) electrons. The number of nitrogens with zero attached hydrogens (tertiary/aromatic N) is 4. The van der Waals surface area contributed by atoms with E-state index >= 15 is 0 Å². The molecule has 216 valence electrons. The molecule has 0 amide bonds. The first-order valence-electron chi connectivity index (χ1n) is 13.2. The molecule has 4 heterocycles. The lowest BCUT2D eigenvalue weighted by atomic mass is 10.1. The summed E-state index contributed by atoms with van der Waals surface area (Å²) < 4.78 is 54.6. The molecule has 2 N–H and O–H groups in total. The number of aryl methyl sites for hydroxylation is 1. The Morgan fingerprint density at radius 3 is 2.80 bits per heavy atom. The topological polar surface area (TPSA) is 81.6 Å². The Kier molecular flexibility index (Phi) is 9.05. The summed E-state index contributed by atoms with van der Waals surface area (Å²) in [5, 5.41) is 12.4. The van der Waals surface area contributed by atoms with Gasteiger partial charge in [0, 0.05) is 71.9 Å². The zero-order chi connectivity index (χ0) is 28.4. The summed E-state index contributed by atoms with van der Waals surface area (Å²) in [7, 11) is -1.23. The molecule has 1 fully saturated rings. The fourth-order valence-corrected chi connectivity index (χ4v) is 9.39. The third-order valence-electron chi connectivity index (χ3n) is 7.16. The number of rotatable bonds is 7. The van der Waals surface area contributed by atoms with Gasteiger partial charge in [0.25, 0.3) is 0 Å². The minimum atomic E-state index is -4.63. The molecule has 3 aromatic rings. The Morgan fingerprint density at radius 2 is 2.08 bits per heavy atom. The lowest BCUT2D eigenvalue weighted by molar-refractivity contribution is -0.137. The van der Waals surface area contributed by atoms with Gasteiger partial charge >= 0.3 is 6.18 Å². The van der Waals surface area contributed by atoms with Crippen LogP contribution in [-0.4, -0.2) is 74.5 Å². The van der Waals surface area contributed by atoms with Gasteiger partial charge in [0.15, 0.2) is 0 Å². The van der Waals surface area contributed by atoms with Gasteiger partial charge in [0.05, 0.1) is 32.9 Å². The first-order chi connectivity index (χ1) is 19.2. The Morgan fingerprint density at radius 1 is 1.25 bits per heavy atom. The third-order valence-corrected chi connectivity index (χ3v) is 11.3. The lowest BCUT2D eigenvalue weighted by Gasteiger charge is -2.41. The van der Waals surface area contributed by atoms with Crippen molar-refractivity contribution in [3.8, 4) is 10.6 Å². The SMILES string of the molecule is CCc1cc(N2CCN(CCO)CC2C)ccc1Nc1ncc(C(F)(F)F)c(-c2cc3c(s2)CSCCS3=O)n1.